The van der Waals surface area contributed by atoms with E-state index in [1.165, 1.54) is 7.11 Å². The molecule has 1 aromatic heterocycles. The van der Waals surface area contributed by atoms with Gasteiger partial charge in [0, 0.05) is 13.7 Å². The van der Waals surface area contributed by atoms with Crippen LogP contribution in [-0.4, -0.2) is 25.7 Å². The van der Waals surface area contributed by atoms with Crippen LogP contribution in [0.5, 0.6) is 0 Å². The van der Waals surface area contributed by atoms with Crippen molar-refractivity contribution in [3.63, 3.8) is 0 Å². The molecule has 0 aliphatic rings. The van der Waals surface area contributed by atoms with E-state index in [0.29, 0.717) is 5.76 Å². The molecule has 0 aliphatic heterocycles. The molecule has 0 saturated heterocycles. The first-order valence-electron chi connectivity index (χ1n) is 4.75. The molecule has 5 heteroatoms. The average molecular weight is 212 g/mol. The van der Waals surface area contributed by atoms with Gasteiger partial charge in [-0.15, -0.1) is 0 Å². The molecule has 5 nitrogen and oxygen atoms in total. The van der Waals surface area contributed by atoms with E-state index < -0.39 is 6.10 Å². The lowest BCUT2D eigenvalue weighted by Crippen LogP contribution is -2.41. The van der Waals surface area contributed by atoms with E-state index in [-0.39, 0.29) is 18.5 Å². The number of furan rings is 1. The summed E-state index contributed by atoms with van der Waals surface area (Å²) in [5.74, 6) is 0.471. The van der Waals surface area contributed by atoms with Gasteiger partial charge in [0.05, 0.1) is 12.3 Å². The Bertz CT molecular complexity index is 294. The summed E-state index contributed by atoms with van der Waals surface area (Å²) in [5, 5.41) is 2.75. The number of hydrogen-bond donors (Lipinski definition) is 2. The van der Waals surface area contributed by atoms with Crippen LogP contribution in [0.15, 0.2) is 22.8 Å². The van der Waals surface area contributed by atoms with Crippen LogP contribution in [-0.2, 0) is 9.53 Å². The third-order valence-corrected chi connectivity index (χ3v) is 2.12. The monoisotopic (exact) mass is 212 g/mol. The number of ether oxygens (including phenoxy) is 1. The second kappa shape index (κ2) is 5.53. The van der Waals surface area contributed by atoms with Gasteiger partial charge in [0.2, 0.25) is 0 Å². The number of carbonyl (C=O) groups is 1. The fourth-order valence-corrected chi connectivity index (χ4v) is 1.23. The van der Waals surface area contributed by atoms with Crippen LogP contribution in [0, 0.1) is 0 Å². The summed E-state index contributed by atoms with van der Waals surface area (Å²) in [5.41, 5.74) is 5.37. The van der Waals surface area contributed by atoms with Crippen molar-refractivity contribution in [1.82, 2.24) is 5.32 Å². The lowest BCUT2D eigenvalue weighted by Gasteiger charge is -2.16. The first-order valence-corrected chi connectivity index (χ1v) is 4.75. The van der Waals surface area contributed by atoms with Gasteiger partial charge in [0.15, 0.2) is 0 Å². The van der Waals surface area contributed by atoms with E-state index in [4.69, 9.17) is 14.9 Å². The van der Waals surface area contributed by atoms with Gasteiger partial charge in [0.1, 0.15) is 11.9 Å². The Morgan fingerprint density at radius 2 is 2.47 bits per heavy atom. The summed E-state index contributed by atoms with van der Waals surface area (Å²) >= 11 is 0. The highest BCUT2D eigenvalue weighted by atomic mass is 16.5. The van der Waals surface area contributed by atoms with Crippen LogP contribution in [0.4, 0.5) is 0 Å². The molecule has 0 bridgehead atoms. The number of nitrogens with two attached hydrogens (primary N) is 1. The van der Waals surface area contributed by atoms with E-state index >= 15 is 0 Å². The Balaban J connectivity index is 2.51. The van der Waals surface area contributed by atoms with E-state index in [2.05, 4.69) is 5.32 Å². The summed E-state index contributed by atoms with van der Waals surface area (Å²) < 4.78 is 10.1. The zero-order chi connectivity index (χ0) is 11.3. The number of hydrogen-bond acceptors (Lipinski definition) is 4. The molecule has 0 radical (unpaired) electrons. The molecule has 2 atom stereocenters. The number of nitrogens with one attached hydrogen (secondary N) is 1. The molecule has 0 saturated carbocycles. The maximum Gasteiger partial charge on any atom is 0.251 e. The van der Waals surface area contributed by atoms with Crippen molar-refractivity contribution in [3.05, 3.63) is 24.2 Å². The van der Waals surface area contributed by atoms with Crippen molar-refractivity contribution in [2.24, 2.45) is 5.73 Å². The highest BCUT2D eigenvalue weighted by Gasteiger charge is 2.19. The molecule has 3 N–H and O–H groups in total. The molecule has 0 fully saturated rings. The molecular weight excluding hydrogens is 196 g/mol. The molecule has 2 unspecified atom stereocenters. The molecule has 0 aliphatic carbocycles. The largest absolute Gasteiger partial charge is 0.467 e. The molecule has 1 aromatic rings. The van der Waals surface area contributed by atoms with Crippen molar-refractivity contribution in [1.29, 1.82) is 0 Å². The van der Waals surface area contributed by atoms with Crippen LogP contribution in [0.2, 0.25) is 0 Å². The van der Waals surface area contributed by atoms with Gasteiger partial charge in [-0.2, -0.15) is 0 Å². The van der Waals surface area contributed by atoms with Gasteiger partial charge in [-0.3, -0.25) is 4.79 Å². The van der Waals surface area contributed by atoms with Crippen LogP contribution < -0.4 is 11.1 Å². The second-order valence-corrected chi connectivity index (χ2v) is 3.21. The number of carbonyl (C=O) groups excluding carboxylic acids is 1. The summed E-state index contributed by atoms with van der Waals surface area (Å²) in [6.45, 7) is 1.99. The zero-order valence-electron chi connectivity index (χ0n) is 8.90. The van der Waals surface area contributed by atoms with Crippen molar-refractivity contribution in [2.75, 3.05) is 13.7 Å². The molecule has 0 spiro atoms. The number of methoxy groups -OCH3 is 1. The molecule has 0 aromatic carbocycles. The summed E-state index contributed by atoms with van der Waals surface area (Å²) in [7, 11) is 1.45. The van der Waals surface area contributed by atoms with Gasteiger partial charge < -0.3 is 20.2 Å². The number of amides is 1. The Labute approximate surface area is 88.6 Å². The molecule has 1 amide bonds. The average Bonchev–Trinajstić information content (AvgIpc) is 2.72. The molecule has 1 heterocycles. The SMILES string of the molecule is COC(CN)C(=O)NC(C)c1ccco1. The summed E-state index contributed by atoms with van der Waals surface area (Å²) in [6, 6.07) is 3.39. The van der Waals surface area contributed by atoms with Gasteiger partial charge in [0.25, 0.3) is 5.91 Å². The van der Waals surface area contributed by atoms with Crippen LogP contribution in [0.1, 0.15) is 18.7 Å². The Morgan fingerprint density at radius 1 is 1.73 bits per heavy atom. The maximum atomic E-state index is 11.6. The summed E-state index contributed by atoms with van der Waals surface area (Å²) in [4.78, 5) is 11.6. The smallest absolute Gasteiger partial charge is 0.251 e. The van der Waals surface area contributed by atoms with E-state index in [9.17, 15) is 4.79 Å². The van der Waals surface area contributed by atoms with E-state index in [1.807, 2.05) is 6.92 Å². The van der Waals surface area contributed by atoms with Crippen molar-refractivity contribution < 1.29 is 13.9 Å². The van der Waals surface area contributed by atoms with E-state index in [1.54, 1.807) is 18.4 Å². The predicted octanol–water partition coefficient (Wildman–Crippen LogP) is 0.431. The van der Waals surface area contributed by atoms with Crippen LogP contribution in [0.25, 0.3) is 0 Å². The van der Waals surface area contributed by atoms with Gasteiger partial charge in [-0.05, 0) is 19.1 Å². The molecular formula is C10H16N2O3. The number of rotatable bonds is 5. The molecule has 1 rings (SSSR count). The van der Waals surface area contributed by atoms with Gasteiger partial charge in [-0.25, -0.2) is 0 Å². The maximum absolute atomic E-state index is 11.6. The normalized spacial score (nSPS) is 14.6. The molecule has 15 heavy (non-hydrogen) atoms. The lowest BCUT2D eigenvalue weighted by molar-refractivity contribution is -0.131. The third kappa shape index (κ3) is 3.07. The standard InChI is InChI=1S/C10H16N2O3/c1-7(8-4-3-5-15-8)12-10(13)9(6-11)14-2/h3-5,7,9H,6,11H2,1-2H3,(H,12,13). The van der Waals surface area contributed by atoms with Crippen molar-refractivity contribution in [3.8, 4) is 0 Å². The molecule has 84 valence electrons. The lowest BCUT2D eigenvalue weighted by atomic mass is 10.2. The van der Waals surface area contributed by atoms with Crippen molar-refractivity contribution >= 4 is 5.91 Å². The Morgan fingerprint density at radius 3 is 2.93 bits per heavy atom. The fraction of sp³-hybridized carbons (Fsp3) is 0.500. The highest BCUT2D eigenvalue weighted by molar-refractivity contribution is 5.81. The quantitative estimate of drug-likeness (QED) is 0.742. The second-order valence-electron chi connectivity index (χ2n) is 3.21. The van der Waals surface area contributed by atoms with Crippen LogP contribution in [0.3, 0.4) is 0 Å². The fourth-order valence-electron chi connectivity index (χ4n) is 1.23. The summed E-state index contributed by atoms with van der Waals surface area (Å²) in [6.07, 6.45) is 0.955. The predicted molar refractivity (Wildman–Crippen MR) is 55.1 cm³/mol. The third-order valence-electron chi connectivity index (χ3n) is 2.12. The Kier molecular flexibility index (Phi) is 4.33. The van der Waals surface area contributed by atoms with Gasteiger partial charge >= 0.3 is 0 Å². The highest BCUT2D eigenvalue weighted by Crippen LogP contribution is 2.12. The van der Waals surface area contributed by atoms with Crippen molar-refractivity contribution in [2.45, 2.75) is 19.1 Å². The topological polar surface area (TPSA) is 77.5 Å². The minimum atomic E-state index is -0.609. The first kappa shape index (κ1) is 11.7. The zero-order valence-corrected chi connectivity index (χ0v) is 8.90. The first-order chi connectivity index (χ1) is 7.19. The minimum Gasteiger partial charge on any atom is -0.467 e. The Hall–Kier alpha value is -1.33. The minimum absolute atomic E-state index is 0.160. The van der Waals surface area contributed by atoms with E-state index in [0.717, 1.165) is 0 Å². The van der Waals surface area contributed by atoms with Gasteiger partial charge in [-0.1, -0.05) is 0 Å². The van der Waals surface area contributed by atoms with Crippen LogP contribution >= 0.6 is 0 Å².